The lowest BCUT2D eigenvalue weighted by Crippen LogP contribution is -2.25. The number of hydrogen-bond donors (Lipinski definition) is 2. The number of carbonyl (C=O) groups excluding carboxylic acids is 2. The van der Waals surface area contributed by atoms with Gasteiger partial charge in [0, 0.05) is 24.9 Å². The normalized spacial score (nSPS) is 13.3. The number of anilines is 2. The SMILES string of the molecule is O=C(CCC(=O)N1CCC(c2ccccc2)=N1)Nc1ccc(S(=O)(=O)Nc2cccc(F)c2)cc1. The predicted molar refractivity (Wildman–Crippen MR) is 131 cm³/mol. The Kier molecular flexibility index (Phi) is 7.21. The smallest absolute Gasteiger partial charge is 0.261 e. The van der Waals surface area contributed by atoms with Crippen LogP contribution in [-0.4, -0.2) is 37.5 Å². The Balaban J connectivity index is 1.28. The highest BCUT2D eigenvalue weighted by molar-refractivity contribution is 7.92. The summed E-state index contributed by atoms with van der Waals surface area (Å²) in [6, 6.07) is 20.3. The summed E-state index contributed by atoms with van der Waals surface area (Å²) >= 11 is 0. The molecule has 35 heavy (non-hydrogen) atoms. The molecule has 0 spiro atoms. The van der Waals surface area contributed by atoms with Crippen molar-refractivity contribution in [3.05, 3.63) is 90.2 Å². The minimum Gasteiger partial charge on any atom is -0.326 e. The second-order valence-corrected chi connectivity index (χ2v) is 9.55. The van der Waals surface area contributed by atoms with Crippen molar-refractivity contribution in [2.24, 2.45) is 5.10 Å². The fourth-order valence-electron chi connectivity index (χ4n) is 3.53. The lowest BCUT2D eigenvalue weighted by molar-refractivity contribution is -0.132. The van der Waals surface area contributed by atoms with E-state index in [0.717, 1.165) is 17.3 Å². The second kappa shape index (κ2) is 10.5. The molecule has 0 atom stereocenters. The Morgan fingerprint density at radius 3 is 2.37 bits per heavy atom. The van der Waals surface area contributed by atoms with Crippen LogP contribution in [0.3, 0.4) is 0 Å². The van der Waals surface area contributed by atoms with Crippen molar-refractivity contribution in [1.29, 1.82) is 0 Å². The largest absolute Gasteiger partial charge is 0.326 e. The molecule has 0 aromatic heterocycles. The average Bonchev–Trinajstić information content (AvgIpc) is 3.34. The van der Waals surface area contributed by atoms with Gasteiger partial charge in [0.15, 0.2) is 0 Å². The van der Waals surface area contributed by atoms with Gasteiger partial charge in [-0.15, -0.1) is 0 Å². The quantitative estimate of drug-likeness (QED) is 0.494. The molecule has 2 amide bonds. The molecule has 4 rings (SSSR count). The summed E-state index contributed by atoms with van der Waals surface area (Å²) in [6.07, 6.45) is 0.624. The van der Waals surface area contributed by atoms with Crippen molar-refractivity contribution in [3.63, 3.8) is 0 Å². The molecule has 180 valence electrons. The van der Waals surface area contributed by atoms with E-state index >= 15 is 0 Å². The molecule has 3 aromatic carbocycles. The monoisotopic (exact) mass is 494 g/mol. The molecule has 0 saturated carbocycles. The Morgan fingerprint density at radius 1 is 0.914 bits per heavy atom. The van der Waals surface area contributed by atoms with Crippen LogP contribution in [0.5, 0.6) is 0 Å². The third-order valence-corrected chi connectivity index (χ3v) is 6.69. The molecule has 1 aliphatic heterocycles. The van der Waals surface area contributed by atoms with Gasteiger partial charge in [-0.1, -0.05) is 36.4 Å². The zero-order chi connectivity index (χ0) is 24.8. The predicted octanol–water partition coefficient (Wildman–Crippen LogP) is 3.98. The van der Waals surface area contributed by atoms with Crippen LogP contribution in [0.2, 0.25) is 0 Å². The number of halogens is 1. The van der Waals surface area contributed by atoms with Gasteiger partial charge in [-0.2, -0.15) is 5.10 Å². The van der Waals surface area contributed by atoms with Crippen LogP contribution in [0.25, 0.3) is 0 Å². The number of benzene rings is 3. The standard InChI is InChI=1S/C25H23FN4O4S/c26-19-7-4-8-21(17-19)29-35(33,34)22-11-9-20(10-12-22)27-24(31)13-14-25(32)30-16-15-23(28-30)18-5-2-1-3-6-18/h1-12,17,29H,13-16H2,(H,27,31). The van der Waals surface area contributed by atoms with Gasteiger partial charge in [-0.05, 0) is 48.0 Å². The number of sulfonamides is 1. The van der Waals surface area contributed by atoms with Crippen LogP contribution >= 0.6 is 0 Å². The van der Waals surface area contributed by atoms with E-state index in [2.05, 4.69) is 15.1 Å². The molecule has 1 aliphatic rings. The van der Waals surface area contributed by atoms with E-state index in [1.807, 2.05) is 30.3 Å². The summed E-state index contributed by atoms with van der Waals surface area (Å²) in [5.41, 5.74) is 2.30. The highest BCUT2D eigenvalue weighted by Crippen LogP contribution is 2.19. The van der Waals surface area contributed by atoms with Crippen LogP contribution in [0.1, 0.15) is 24.8 Å². The van der Waals surface area contributed by atoms with Crippen LogP contribution in [-0.2, 0) is 19.6 Å². The molecule has 10 heteroatoms. The van der Waals surface area contributed by atoms with Gasteiger partial charge in [0.25, 0.3) is 10.0 Å². The van der Waals surface area contributed by atoms with E-state index in [1.54, 1.807) is 0 Å². The number of hydrazone groups is 1. The van der Waals surface area contributed by atoms with Gasteiger partial charge in [0.2, 0.25) is 11.8 Å². The van der Waals surface area contributed by atoms with Crippen molar-refractivity contribution >= 4 is 38.9 Å². The molecular weight excluding hydrogens is 471 g/mol. The third kappa shape index (κ3) is 6.30. The van der Waals surface area contributed by atoms with Crippen LogP contribution in [0, 0.1) is 5.82 Å². The Hall–Kier alpha value is -4.05. The van der Waals surface area contributed by atoms with Crippen molar-refractivity contribution in [2.45, 2.75) is 24.2 Å². The minimum atomic E-state index is -3.92. The van der Waals surface area contributed by atoms with E-state index in [1.165, 1.54) is 47.5 Å². The maximum absolute atomic E-state index is 13.3. The fourth-order valence-corrected chi connectivity index (χ4v) is 4.58. The zero-order valence-electron chi connectivity index (χ0n) is 18.6. The van der Waals surface area contributed by atoms with Crippen molar-refractivity contribution in [2.75, 3.05) is 16.6 Å². The molecule has 8 nitrogen and oxygen atoms in total. The maximum atomic E-state index is 13.3. The summed E-state index contributed by atoms with van der Waals surface area (Å²) in [5.74, 6) is -1.18. The van der Waals surface area contributed by atoms with Crippen LogP contribution < -0.4 is 10.0 Å². The summed E-state index contributed by atoms with van der Waals surface area (Å²) in [5, 5.41) is 8.41. The Labute approximate surface area is 202 Å². The molecular formula is C25H23FN4O4S. The van der Waals surface area contributed by atoms with Gasteiger partial charge in [-0.25, -0.2) is 17.8 Å². The number of amides is 2. The fraction of sp³-hybridized carbons (Fsp3) is 0.160. The molecule has 0 bridgehead atoms. The summed E-state index contributed by atoms with van der Waals surface area (Å²) in [4.78, 5) is 24.7. The number of rotatable bonds is 8. The van der Waals surface area contributed by atoms with Gasteiger partial charge >= 0.3 is 0 Å². The second-order valence-electron chi connectivity index (χ2n) is 7.87. The molecule has 1 heterocycles. The summed E-state index contributed by atoms with van der Waals surface area (Å²) in [6.45, 7) is 0.476. The van der Waals surface area contributed by atoms with Crippen molar-refractivity contribution in [3.8, 4) is 0 Å². The van der Waals surface area contributed by atoms with Gasteiger partial charge in [-0.3, -0.25) is 14.3 Å². The Morgan fingerprint density at radius 2 is 1.66 bits per heavy atom. The van der Waals surface area contributed by atoms with Gasteiger partial charge in [0.05, 0.1) is 22.8 Å². The number of nitrogens with one attached hydrogen (secondary N) is 2. The molecule has 0 unspecified atom stereocenters. The van der Waals surface area contributed by atoms with E-state index in [-0.39, 0.29) is 35.2 Å². The molecule has 3 aromatic rings. The lowest BCUT2D eigenvalue weighted by Gasteiger charge is -2.12. The zero-order valence-corrected chi connectivity index (χ0v) is 19.5. The summed E-state index contributed by atoms with van der Waals surface area (Å²) in [7, 11) is -3.92. The molecule has 0 saturated heterocycles. The van der Waals surface area contributed by atoms with Gasteiger partial charge < -0.3 is 5.32 Å². The topological polar surface area (TPSA) is 108 Å². The lowest BCUT2D eigenvalue weighted by atomic mass is 10.1. The first-order chi connectivity index (χ1) is 16.8. The molecule has 0 aliphatic carbocycles. The minimum absolute atomic E-state index is 0.00141. The molecule has 0 radical (unpaired) electrons. The van der Waals surface area contributed by atoms with E-state index in [0.29, 0.717) is 18.7 Å². The molecule has 2 N–H and O–H groups in total. The van der Waals surface area contributed by atoms with E-state index in [4.69, 9.17) is 0 Å². The van der Waals surface area contributed by atoms with Crippen LogP contribution in [0.4, 0.5) is 15.8 Å². The first-order valence-corrected chi connectivity index (χ1v) is 12.4. The highest BCUT2D eigenvalue weighted by Gasteiger charge is 2.22. The number of hydrogen-bond acceptors (Lipinski definition) is 5. The average molecular weight is 495 g/mol. The first kappa shape index (κ1) is 24.1. The van der Waals surface area contributed by atoms with Gasteiger partial charge in [0.1, 0.15) is 5.82 Å². The van der Waals surface area contributed by atoms with Crippen LogP contribution in [0.15, 0.2) is 88.9 Å². The van der Waals surface area contributed by atoms with E-state index < -0.39 is 15.8 Å². The highest BCUT2D eigenvalue weighted by atomic mass is 32.2. The Bertz CT molecular complexity index is 1360. The molecule has 0 fully saturated rings. The van der Waals surface area contributed by atoms with Crippen molar-refractivity contribution < 1.29 is 22.4 Å². The summed E-state index contributed by atoms with van der Waals surface area (Å²) < 4.78 is 40.6. The first-order valence-electron chi connectivity index (χ1n) is 10.9. The van der Waals surface area contributed by atoms with E-state index in [9.17, 15) is 22.4 Å². The maximum Gasteiger partial charge on any atom is 0.261 e. The number of nitrogens with zero attached hydrogens (tertiary/aromatic N) is 2. The number of carbonyl (C=O) groups is 2. The third-order valence-electron chi connectivity index (χ3n) is 5.29. The van der Waals surface area contributed by atoms with Crippen molar-refractivity contribution in [1.82, 2.24) is 5.01 Å².